The van der Waals surface area contributed by atoms with Crippen LogP contribution in [0.2, 0.25) is 0 Å². The van der Waals surface area contributed by atoms with Crippen molar-refractivity contribution in [2.45, 2.75) is 45.2 Å². The van der Waals surface area contributed by atoms with E-state index in [1.54, 1.807) is 0 Å². The maximum atomic E-state index is 5.39. The van der Waals surface area contributed by atoms with Crippen molar-refractivity contribution in [1.29, 1.82) is 0 Å². The van der Waals surface area contributed by atoms with Gasteiger partial charge in [0, 0.05) is 32.2 Å². The predicted octanol–water partition coefficient (Wildman–Crippen LogP) is 2.20. The van der Waals surface area contributed by atoms with Crippen LogP contribution in [0, 0.1) is 5.92 Å². The number of nitrogens with zero attached hydrogens (tertiary/aromatic N) is 2. The van der Waals surface area contributed by atoms with Crippen LogP contribution in [0.25, 0.3) is 0 Å². The second kappa shape index (κ2) is 7.54. The number of rotatable bonds is 7. The largest absolute Gasteiger partial charge is 0.381 e. The van der Waals surface area contributed by atoms with E-state index in [1.807, 2.05) is 13.2 Å². The van der Waals surface area contributed by atoms with Gasteiger partial charge in [-0.05, 0) is 32.2 Å². The van der Waals surface area contributed by atoms with Crippen LogP contribution in [-0.4, -0.2) is 29.8 Å². The van der Waals surface area contributed by atoms with Crippen molar-refractivity contribution in [3.05, 3.63) is 18.2 Å². The smallest absolute Gasteiger partial charge is 0.122 e. The van der Waals surface area contributed by atoms with E-state index < -0.39 is 0 Å². The average molecular weight is 251 g/mol. The summed E-state index contributed by atoms with van der Waals surface area (Å²) in [5, 5.41) is 3.16. The molecule has 1 N–H and O–H groups in total. The van der Waals surface area contributed by atoms with Crippen LogP contribution < -0.4 is 5.32 Å². The molecule has 0 aromatic carbocycles. The molecule has 1 saturated heterocycles. The molecule has 102 valence electrons. The van der Waals surface area contributed by atoms with E-state index in [1.165, 1.54) is 32.1 Å². The number of aromatic nitrogens is 2. The van der Waals surface area contributed by atoms with Crippen molar-refractivity contribution in [1.82, 2.24) is 14.9 Å². The van der Waals surface area contributed by atoms with E-state index in [2.05, 4.69) is 21.1 Å². The molecule has 0 aliphatic carbocycles. The van der Waals surface area contributed by atoms with Gasteiger partial charge in [-0.25, -0.2) is 4.98 Å². The molecule has 0 unspecified atom stereocenters. The summed E-state index contributed by atoms with van der Waals surface area (Å²) in [6.45, 7) is 3.89. The number of nitrogens with one attached hydrogen (secondary N) is 1. The Morgan fingerprint density at radius 2 is 2.22 bits per heavy atom. The summed E-state index contributed by atoms with van der Waals surface area (Å²) >= 11 is 0. The molecule has 0 amide bonds. The van der Waals surface area contributed by atoms with Crippen molar-refractivity contribution in [3.63, 3.8) is 0 Å². The molecule has 1 fully saturated rings. The molecule has 4 heteroatoms. The fourth-order valence-electron chi connectivity index (χ4n) is 2.62. The minimum absolute atomic E-state index is 0.854. The summed E-state index contributed by atoms with van der Waals surface area (Å²) < 4.78 is 7.65. The first kappa shape index (κ1) is 13.6. The van der Waals surface area contributed by atoms with Crippen molar-refractivity contribution < 1.29 is 4.74 Å². The Bertz CT molecular complexity index is 332. The highest BCUT2D eigenvalue weighted by atomic mass is 16.5. The van der Waals surface area contributed by atoms with Gasteiger partial charge in [0.2, 0.25) is 0 Å². The Labute approximate surface area is 110 Å². The lowest BCUT2D eigenvalue weighted by molar-refractivity contribution is 0.0630. The molecule has 0 atom stereocenters. The quantitative estimate of drug-likeness (QED) is 0.755. The summed E-state index contributed by atoms with van der Waals surface area (Å²) in [5.74, 6) is 2.04. The first-order chi connectivity index (χ1) is 8.90. The molecule has 0 spiro atoms. The third-order valence-electron chi connectivity index (χ3n) is 3.74. The molecule has 2 heterocycles. The third-order valence-corrected chi connectivity index (χ3v) is 3.74. The van der Waals surface area contributed by atoms with Gasteiger partial charge in [0.15, 0.2) is 0 Å². The number of unbranched alkanes of at least 4 members (excludes halogenated alkanes) is 1. The van der Waals surface area contributed by atoms with E-state index in [4.69, 9.17) is 4.74 Å². The lowest BCUT2D eigenvalue weighted by atomic mass is 9.94. The topological polar surface area (TPSA) is 39.1 Å². The maximum Gasteiger partial charge on any atom is 0.122 e. The second-order valence-corrected chi connectivity index (χ2v) is 5.12. The maximum absolute atomic E-state index is 5.39. The fourth-order valence-corrected chi connectivity index (χ4v) is 2.62. The molecule has 4 nitrogen and oxygen atoms in total. The zero-order valence-electron chi connectivity index (χ0n) is 11.4. The van der Waals surface area contributed by atoms with E-state index >= 15 is 0 Å². The van der Waals surface area contributed by atoms with Gasteiger partial charge in [-0.1, -0.05) is 12.8 Å². The van der Waals surface area contributed by atoms with Gasteiger partial charge in [-0.15, -0.1) is 0 Å². The summed E-state index contributed by atoms with van der Waals surface area (Å²) in [4.78, 5) is 4.36. The number of hydrogen-bond acceptors (Lipinski definition) is 3. The number of ether oxygens (including phenoxy) is 1. The number of aryl methyl sites for hydroxylation is 1. The molecule has 0 bridgehead atoms. The zero-order chi connectivity index (χ0) is 12.6. The molecular formula is C14H25N3O. The monoisotopic (exact) mass is 251 g/mol. The van der Waals surface area contributed by atoms with E-state index in [9.17, 15) is 0 Å². The minimum atomic E-state index is 0.854. The fraction of sp³-hybridized carbons (Fsp3) is 0.786. The summed E-state index contributed by atoms with van der Waals surface area (Å²) in [7, 11) is 1.96. The SMILES string of the molecule is CNCc1nccn1CCCCC1CCOCC1. The van der Waals surface area contributed by atoms with Crippen LogP contribution >= 0.6 is 0 Å². The molecule has 0 saturated carbocycles. The van der Waals surface area contributed by atoms with Crippen molar-refractivity contribution in [2.75, 3.05) is 20.3 Å². The van der Waals surface area contributed by atoms with Gasteiger partial charge < -0.3 is 14.6 Å². The van der Waals surface area contributed by atoms with Crippen molar-refractivity contribution >= 4 is 0 Å². The highest BCUT2D eigenvalue weighted by Gasteiger charge is 2.12. The number of imidazole rings is 1. The van der Waals surface area contributed by atoms with Gasteiger partial charge in [-0.3, -0.25) is 0 Å². The zero-order valence-corrected chi connectivity index (χ0v) is 11.4. The van der Waals surface area contributed by atoms with Crippen LogP contribution in [0.3, 0.4) is 0 Å². The Balaban J connectivity index is 1.63. The third kappa shape index (κ3) is 4.10. The second-order valence-electron chi connectivity index (χ2n) is 5.12. The normalized spacial score (nSPS) is 17.2. The van der Waals surface area contributed by atoms with Crippen LogP contribution in [0.15, 0.2) is 12.4 Å². The van der Waals surface area contributed by atoms with Gasteiger partial charge in [-0.2, -0.15) is 0 Å². The summed E-state index contributed by atoms with van der Waals surface area (Å²) in [5.41, 5.74) is 0. The Morgan fingerprint density at radius 1 is 1.39 bits per heavy atom. The predicted molar refractivity (Wildman–Crippen MR) is 72.4 cm³/mol. The summed E-state index contributed by atoms with van der Waals surface area (Å²) in [6.07, 6.45) is 10.4. The standard InChI is InChI=1S/C14H25N3O/c1-15-12-14-16-7-9-17(14)8-3-2-4-13-5-10-18-11-6-13/h7,9,13,15H,2-6,8,10-12H2,1H3. The van der Waals surface area contributed by atoms with E-state index in [0.29, 0.717) is 0 Å². The Kier molecular flexibility index (Phi) is 5.68. The molecule has 2 rings (SSSR count). The average Bonchev–Trinajstić information content (AvgIpc) is 2.84. The van der Waals surface area contributed by atoms with Crippen molar-refractivity contribution in [3.8, 4) is 0 Å². The minimum Gasteiger partial charge on any atom is -0.381 e. The van der Waals surface area contributed by atoms with Crippen molar-refractivity contribution in [2.24, 2.45) is 5.92 Å². The first-order valence-corrected chi connectivity index (χ1v) is 7.12. The molecular weight excluding hydrogens is 226 g/mol. The van der Waals surface area contributed by atoms with Gasteiger partial charge in [0.25, 0.3) is 0 Å². The lowest BCUT2D eigenvalue weighted by Crippen LogP contribution is -2.16. The van der Waals surface area contributed by atoms with Gasteiger partial charge in [0.1, 0.15) is 5.82 Å². The molecule has 1 aliphatic rings. The highest BCUT2D eigenvalue weighted by molar-refractivity contribution is 4.91. The number of hydrogen-bond donors (Lipinski definition) is 1. The van der Waals surface area contributed by atoms with Crippen LogP contribution in [-0.2, 0) is 17.8 Å². The first-order valence-electron chi connectivity index (χ1n) is 7.12. The Hall–Kier alpha value is -0.870. The molecule has 18 heavy (non-hydrogen) atoms. The van der Waals surface area contributed by atoms with Gasteiger partial charge in [0.05, 0.1) is 6.54 Å². The molecule has 1 aliphatic heterocycles. The van der Waals surface area contributed by atoms with Gasteiger partial charge >= 0.3 is 0 Å². The van der Waals surface area contributed by atoms with Crippen LogP contribution in [0.4, 0.5) is 0 Å². The van der Waals surface area contributed by atoms with Crippen LogP contribution in [0.1, 0.15) is 37.9 Å². The highest BCUT2D eigenvalue weighted by Crippen LogP contribution is 2.20. The summed E-state index contributed by atoms with van der Waals surface area (Å²) in [6, 6.07) is 0. The molecule has 0 radical (unpaired) electrons. The van der Waals surface area contributed by atoms with E-state index in [0.717, 1.165) is 38.0 Å². The lowest BCUT2D eigenvalue weighted by Gasteiger charge is -2.21. The van der Waals surface area contributed by atoms with E-state index in [-0.39, 0.29) is 0 Å². The Morgan fingerprint density at radius 3 is 3.00 bits per heavy atom. The van der Waals surface area contributed by atoms with Crippen LogP contribution in [0.5, 0.6) is 0 Å². The molecule has 1 aromatic heterocycles. The molecule has 1 aromatic rings.